The van der Waals surface area contributed by atoms with E-state index in [1.807, 2.05) is 0 Å². The van der Waals surface area contributed by atoms with Gasteiger partial charge in [-0.2, -0.15) is 5.01 Å². The second-order valence-electron chi connectivity index (χ2n) is 6.11. The third kappa shape index (κ3) is 3.74. The highest BCUT2D eigenvalue weighted by Gasteiger charge is 2.52. The van der Waals surface area contributed by atoms with Crippen LogP contribution in [0.15, 0.2) is 22.7 Å². The van der Waals surface area contributed by atoms with Crippen LogP contribution in [-0.4, -0.2) is 35.0 Å². The van der Waals surface area contributed by atoms with Crippen LogP contribution in [0.1, 0.15) is 32.1 Å². The molecule has 1 saturated heterocycles. The summed E-state index contributed by atoms with van der Waals surface area (Å²) in [6.45, 7) is -0.343. The maximum absolute atomic E-state index is 12.6. The van der Waals surface area contributed by atoms with Gasteiger partial charge in [-0.3, -0.25) is 15.0 Å². The van der Waals surface area contributed by atoms with E-state index >= 15 is 0 Å². The minimum atomic E-state index is -0.872. The number of ether oxygens (including phenoxy) is 1. The molecule has 9 heteroatoms. The zero-order valence-corrected chi connectivity index (χ0v) is 15.7. The lowest BCUT2D eigenvalue weighted by Crippen LogP contribution is -2.51. The Kier molecular flexibility index (Phi) is 5.19. The summed E-state index contributed by atoms with van der Waals surface area (Å²) in [5, 5.41) is 4.01. The highest BCUT2D eigenvalue weighted by molar-refractivity contribution is 9.10. The number of hydrogen-bond donors (Lipinski definition) is 2. The highest BCUT2D eigenvalue weighted by atomic mass is 79.9. The van der Waals surface area contributed by atoms with Crippen LogP contribution >= 0.6 is 27.5 Å². The van der Waals surface area contributed by atoms with E-state index in [2.05, 4.69) is 26.7 Å². The first-order valence-electron chi connectivity index (χ1n) is 7.95. The third-order valence-corrected chi connectivity index (χ3v) is 5.21. The minimum Gasteiger partial charge on any atom is -0.483 e. The second-order valence-corrected chi connectivity index (χ2v) is 7.40. The van der Waals surface area contributed by atoms with Gasteiger partial charge in [0.25, 0.3) is 11.8 Å². The van der Waals surface area contributed by atoms with E-state index in [-0.39, 0.29) is 6.61 Å². The van der Waals surface area contributed by atoms with Crippen molar-refractivity contribution in [2.24, 2.45) is 0 Å². The molecule has 7 nitrogen and oxygen atoms in total. The summed E-state index contributed by atoms with van der Waals surface area (Å²) in [6, 6.07) is 4.28. The summed E-state index contributed by atoms with van der Waals surface area (Å²) in [4.78, 5) is 36.7. The van der Waals surface area contributed by atoms with Crippen molar-refractivity contribution in [1.82, 2.24) is 15.8 Å². The highest BCUT2D eigenvalue weighted by Crippen LogP contribution is 2.33. The second kappa shape index (κ2) is 7.21. The topological polar surface area (TPSA) is 87.7 Å². The standard InChI is InChI=1S/C16H17BrClN3O4/c17-11-8-10(18)4-5-12(11)25-9-13(22)20-21-14(23)16(19-15(21)24)6-2-1-3-7-16/h4-5,8H,1-3,6-7,9H2,(H,19,24)(H,20,22). The molecule has 25 heavy (non-hydrogen) atoms. The molecule has 1 saturated carbocycles. The molecule has 0 aromatic heterocycles. The molecular formula is C16H17BrClN3O4. The van der Waals surface area contributed by atoms with E-state index in [9.17, 15) is 14.4 Å². The van der Waals surface area contributed by atoms with Gasteiger partial charge in [0, 0.05) is 5.02 Å². The molecule has 1 heterocycles. The first-order chi connectivity index (χ1) is 11.9. The number of benzene rings is 1. The van der Waals surface area contributed by atoms with E-state index in [4.69, 9.17) is 16.3 Å². The summed E-state index contributed by atoms with van der Waals surface area (Å²) in [7, 11) is 0. The fourth-order valence-corrected chi connectivity index (χ4v) is 3.91. The number of carbonyl (C=O) groups is 3. The van der Waals surface area contributed by atoms with Crippen molar-refractivity contribution < 1.29 is 19.1 Å². The number of hydrazine groups is 1. The lowest BCUT2D eigenvalue weighted by molar-refractivity contribution is -0.140. The van der Waals surface area contributed by atoms with Gasteiger partial charge < -0.3 is 10.1 Å². The first kappa shape index (κ1) is 18.0. The van der Waals surface area contributed by atoms with Crippen LogP contribution < -0.4 is 15.5 Å². The number of amides is 4. The zero-order valence-electron chi connectivity index (χ0n) is 13.3. The van der Waals surface area contributed by atoms with Crippen LogP contribution in [0.3, 0.4) is 0 Å². The summed E-state index contributed by atoms with van der Waals surface area (Å²) in [5.41, 5.74) is 1.45. The molecule has 2 fully saturated rings. The van der Waals surface area contributed by atoms with Gasteiger partial charge >= 0.3 is 6.03 Å². The Morgan fingerprint density at radius 2 is 2.04 bits per heavy atom. The van der Waals surface area contributed by atoms with Crippen LogP contribution in [0.25, 0.3) is 0 Å². The lowest BCUT2D eigenvalue weighted by atomic mass is 9.82. The summed E-state index contributed by atoms with van der Waals surface area (Å²) < 4.78 is 5.98. The van der Waals surface area contributed by atoms with Gasteiger partial charge in [0.05, 0.1) is 4.47 Å². The van der Waals surface area contributed by atoms with E-state index < -0.39 is 23.4 Å². The van der Waals surface area contributed by atoms with Gasteiger partial charge in [-0.15, -0.1) is 0 Å². The number of imide groups is 1. The molecule has 0 radical (unpaired) electrons. The number of urea groups is 1. The minimum absolute atomic E-state index is 0.343. The maximum Gasteiger partial charge on any atom is 0.344 e. The first-order valence-corrected chi connectivity index (χ1v) is 9.12. The fourth-order valence-electron chi connectivity index (χ4n) is 3.11. The predicted molar refractivity (Wildman–Crippen MR) is 94.0 cm³/mol. The predicted octanol–water partition coefficient (Wildman–Crippen LogP) is 2.77. The van der Waals surface area contributed by atoms with Gasteiger partial charge in [0.1, 0.15) is 11.3 Å². The molecule has 0 bridgehead atoms. The van der Waals surface area contributed by atoms with Crippen LogP contribution in [0, 0.1) is 0 Å². The van der Waals surface area contributed by atoms with Crippen molar-refractivity contribution >= 4 is 45.4 Å². The van der Waals surface area contributed by atoms with Crippen molar-refractivity contribution in [3.8, 4) is 5.75 Å². The molecule has 4 amide bonds. The van der Waals surface area contributed by atoms with Gasteiger partial charge in [-0.1, -0.05) is 30.9 Å². The molecule has 2 aliphatic rings. The van der Waals surface area contributed by atoms with Gasteiger partial charge in [-0.25, -0.2) is 4.79 Å². The third-order valence-electron chi connectivity index (χ3n) is 4.36. The SMILES string of the molecule is O=C(COc1ccc(Cl)cc1Br)NN1C(=O)NC2(CCCCC2)C1=O. The molecule has 2 N–H and O–H groups in total. The van der Waals surface area contributed by atoms with Crippen molar-refractivity contribution in [2.45, 2.75) is 37.6 Å². The normalized spacial score (nSPS) is 19.0. The number of nitrogens with zero attached hydrogens (tertiary/aromatic N) is 1. The van der Waals surface area contributed by atoms with Gasteiger partial charge in [0.2, 0.25) is 0 Å². The molecule has 0 atom stereocenters. The van der Waals surface area contributed by atoms with Crippen molar-refractivity contribution in [1.29, 1.82) is 0 Å². The molecule has 1 aliphatic heterocycles. The zero-order chi connectivity index (χ0) is 18.0. The Bertz CT molecular complexity index is 721. The van der Waals surface area contributed by atoms with Crippen LogP contribution in [0.4, 0.5) is 4.79 Å². The van der Waals surface area contributed by atoms with Crippen LogP contribution in [-0.2, 0) is 9.59 Å². The molecule has 134 valence electrons. The number of rotatable bonds is 4. The van der Waals surface area contributed by atoms with Gasteiger partial charge in [-0.05, 0) is 47.0 Å². The Balaban J connectivity index is 1.59. The fraction of sp³-hybridized carbons (Fsp3) is 0.438. The number of hydrogen-bond acceptors (Lipinski definition) is 4. The monoisotopic (exact) mass is 429 g/mol. The largest absolute Gasteiger partial charge is 0.483 e. The van der Waals surface area contributed by atoms with Crippen LogP contribution in [0.2, 0.25) is 5.02 Å². The smallest absolute Gasteiger partial charge is 0.344 e. The Hall–Kier alpha value is -1.80. The van der Waals surface area contributed by atoms with E-state index in [1.54, 1.807) is 18.2 Å². The van der Waals surface area contributed by atoms with Crippen molar-refractivity contribution in [3.63, 3.8) is 0 Å². The molecule has 1 aliphatic carbocycles. The summed E-state index contributed by atoms with van der Waals surface area (Å²) in [5.74, 6) is -0.572. The number of nitrogens with one attached hydrogen (secondary N) is 2. The quantitative estimate of drug-likeness (QED) is 0.719. The number of carbonyl (C=O) groups excluding carboxylic acids is 3. The van der Waals surface area contributed by atoms with Crippen molar-refractivity contribution in [2.75, 3.05) is 6.61 Å². The Morgan fingerprint density at radius 1 is 1.32 bits per heavy atom. The average molecular weight is 431 g/mol. The average Bonchev–Trinajstić information content (AvgIpc) is 2.79. The maximum atomic E-state index is 12.6. The Morgan fingerprint density at radius 3 is 2.72 bits per heavy atom. The lowest BCUT2D eigenvalue weighted by Gasteiger charge is -2.30. The van der Waals surface area contributed by atoms with E-state index in [0.29, 0.717) is 28.1 Å². The molecule has 1 aromatic carbocycles. The number of halogens is 2. The van der Waals surface area contributed by atoms with E-state index in [1.165, 1.54) is 0 Å². The van der Waals surface area contributed by atoms with Crippen LogP contribution in [0.5, 0.6) is 5.75 Å². The molecule has 3 rings (SSSR count). The summed E-state index contributed by atoms with van der Waals surface area (Å²) >= 11 is 9.13. The van der Waals surface area contributed by atoms with Crippen molar-refractivity contribution in [3.05, 3.63) is 27.7 Å². The molecule has 1 spiro atoms. The summed E-state index contributed by atoms with van der Waals surface area (Å²) in [6.07, 6.45) is 3.99. The Labute approximate surface area is 158 Å². The van der Waals surface area contributed by atoms with Gasteiger partial charge in [0.15, 0.2) is 6.61 Å². The van der Waals surface area contributed by atoms with E-state index in [0.717, 1.165) is 24.3 Å². The molecule has 0 unspecified atom stereocenters. The molecule has 1 aromatic rings. The molecular weight excluding hydrogens is 414 g/mol.